The Balaban J connectivity index is 2.49. The maximum absolute atomic E-state index is 12.0. The molecular formula is C13H19F3N2O. The van der Waals surface area contributed by atoms with E-state index in [0.29, 0.717) is 18.8 Å². The molecule has 0 heterocycles. The maximum Gasteiger partial charge on any atom is 0.389 e. The lowest BCUT2D eigenvalue weighted by Crippen LogP contribution is -2.49. The molecule has 0 aromatic heterocycles. The SMILES string of the molecule is CCC1CCC(C#N)(NC(=O)CCC(F)(F)F)CC1. The van der Waals surface area contributed by atoms with Crippen molar-refractivity contribution in [3.05, 3.63) is 0 Å². The van der Waals surface area contributed by atoms with Crippen molar-refractivity contribution in [1.29, 1.82) is 5.26 Å². The Morgan fingerprint density at radius 2 is 2.00 bits per heavy atom. The van der Waals surface area contributed by atoms with Gasteiger partial charge < -0.3 is 5.32 Å². The van der Waals surface area contributed by atoms with Crippen molar-refractivity contribution in [2.24, 2.45) is 5.92 Å². The van der Waals surface area contributed by atoms with Gasteiger partial charge in [-0.15, -0.1) is 0 Å². The molecule has 0 aromatic rings. The first-order valence-electron chi connectivity index (χ1n) is 6.59. The van der Waals surface area contributed by atoms with E-state index in [2.05, 4.69) is 18.3 Å². The molecule has 19 heavy (non-hydrogen) atoms. The third-order valence-corrected chi connectivity index (χ3v) is 3.76. The van der Waals surface area contributed by atoms with Crippen LogP contribution in [0.4, 0.5) is 13.2 Å². The van der Waals surface area contributed by atoms with E-state index in [1.165, 1.54) is 0 Å². The first-order chi connectivity index (χ1) is 8.80. The fourth-order valence-corrected chi connectivity index (χ4v) is 2.43. The Morgan fingerprint density at radius 1 is 1.42 bits per heavy atom. The van der Waals surface area contributed by atoms with Crippen LogP contribution in [0.1, 0.15) is 51.9 Å². The summed E-state index contributed by atoms with van der Waals surface area (Å²) in [6.45, 7) is 2.08. The lowest BCUT2D eigenvalue weighted by Gasteiger charge is -2.35. The lowest BCUT2D eigenvalue weighted by atomic mass is 9.76. The molecule has 1 N–H and O–H groups in total. The molecule has 0 bridgehead atoms. The summed E-state index contributed by atoms with van der Waals surface area (Å²) in [4.78, 5) is 11.5. The van der Waals surface area contributed by atoms with E-state index in [1.807, 2.05) is 0 Å². The Bertz CT molecular complexity index is 352. The molecule has 108 valence electrons. The predicted octanol–water partition coefficient (Wildman–Crippen LogP) is 3.31. The summed E-state index contributed by atoms with van der Waals surface area (Å²) in [6.07, 6.45) is -2.32. The van der Waals surface area contributed by atoms with Crippen LogP contribution in [0.3, 0.4) is 0 Å². The van der Waals surface area contributed by atoms with Gasteiger partial charge in [0, 0.05) is 6.42 Å². The van der Waals surface area contributed by atoms with E-state index in [9.17, 15) is 23.2 Å². The molecule has 0 atom stereocenters. The number of rotatable bonds is 4. The van der Waals surface area contributed by atoms with Gasteiger partial charge in [0.05, 0.1) is 12.5 Å². The highest BCUT2D eigenvalue weighted by atomic mass is 19.4. The van der Waals surface area contributed by atoms with Crippen molar-refractivity contribution >= 4 is 5.91 Å². The van der Waals surface area contributed by atoms with Crippen LogP contribution in [0.5, 0.6) is 0 Å². The van der Waals surface area contributed by atoms with Gasteiger partial charge in [0.15, 0.2) is 0 Å². The van der Waals surface area contributed by atoms with Gasteiger partial charge in [-0.2, -0.15) is 18.4 Å². The molecule has 0 spiro atoms. The molecule has 0 aliphatic heterocycles. The number of hydrogen-bond acceptors (Lipinski definition) is 2. The summed E-state index contributed by atoms with van der Waals surface area (Å²) < 4.78 is 36.1. The Labute approximate surface area is 111 Å². The predicted molar refractivity (Wildman–Crippen MR) is 64.0 cm³/mol. The highest BCUT2D eigenvalue weighted by Gasteiger charge is 2.37. The highest BCUT2D eigenvalue weighted by molar-refractivity contribution is 5.77. The average Bonchev–Trinajstić information content (AvgIpc) is 2.36. The number of alkyl halides is 3. The molecule has 1 amide bonds. The van der Waals surface area contributed by atoms with Crippen molar-refractivity contribution in [1.82, 2.24) is 5.32 Å². The first-order valence-corrected chi connectivity index (χ1v) is 6.59. The minimum absolute atomic E-state index is 0.528. The van der Waals surface area contributed by atoms with Crippen LogP contribution in [0.25, 0.3) is 0 Å². The highest BCUT2D eigenvalue weighted by Crippen LogP contribution is 2.33. The molecular weight excluding hydrogens is 257 g/mol. The van der Waals surface area contributed by atoms with E-state index in [-0.39, 0.29) is 0 Å². The lowest BCUT2D eigenvalue weighted by molar-refractivity contribution is -0.144. The second-order valence-electron chi connectivity index (χ2n) is 5.21. The van der Waals surface area contributed by atoms with Gasteiger partial charge in [-0.1, -0.05) is 13.3 Å². The zero-order valence-electron chi connectivity index (χ0n) is 11.0. The minimum atomic E-state index is -4.34. The summed E-state index contributed by atoms with van der Waals surface area (Å²) in [7, 11) is 0. The van der Waals surface area contributed by atoms with E-state index in [4.69, 9.17) is 0 Å². The van der Waals surface area contributed by atoms with Gasteiger partial charge in [-0.3, -0.25) is 4.79 Å². The van der Waals surface area contributed by atoms with Crippen molar-refractivity contribution < 1.29 is 18.0 Å². The maximum atomic E-state index is 12.0. The van der Waals surface area contributed by atoms with Crippen molar-refractivity contribution in [3.8, 4) is 6.07 Å². The second-order valence-corrected chi connectivity index (χ2v) is 5.21. The summed E-state index contributed by atoms with van der Waals surface area (Å²) in [5, 5.41) is 11.7. The number of carbonyl (C=O) groups is 1. The van der Waals surface area contributed by atoms with Crippen molar-refractivity contribution in [3.63, 3.8) is 0 Å². The number of nitrogens with zero attached hydrogens (tertiary/aromatic N) is 1. The average molecular weight is 276 g/mol. The first kappa shape index (κ1) is 15.8. The molecule has 6 heteroatoms. The van der Waals surface area contributed by atoms with E-state index < -0.39 is 30.5 Å². The quantitative estimate of drug-likeness (QED) is 0.856. The second kappa shape index (κ2) is 6.27. The van der Waals surface area contributed by atoms with Crippen LogP contribution in [0, 0.1) is 17.2 Å². The topological polar surface area (TPSA) is 52.9 Å². The Kier molecular flexibility index (Phi) is 5.21. The van der Waals surface area contributed by atoms with Crippen LogP contribution in [-0.4, -0.2) is 17.6 Å². The van der Waals surface area contributed by atoms with Crippen LogP contribution in [0.2, 0.25) is 0 Å². The Morgan fingerprint density at radius 3 is 2.42 bits per heavy atom. The minimum Gasteiger partial charge on any atom is -0.338 e. The molecule has 1 rings (SSSR count). The van der Waals surface area contributed by atoms with E-state index >= 15 is 0 Å². The smallest absolute Gasteiger partial charge is 0.338 e. The van der Waals surface area contributed by atoms with Crippen LogP contribution in [-0.2, 0) is 4.79 Å². The van der Waals surface area contributed by atoms with E-state index in [1.54, 1.807) is 0 Å². The molecule has 0 saturated heterocycles. The normalized spacial score (nSPS) is 27.6. The summed E-state index contributed by atoms with van der Waals surface area (Å²) >= 11 is 0. The van der Waals surface area contributed by atoms with Gasteiger partial charge in [0.25, 0.3) is 0 Å². The summed E-state index contributed by atoms with van der Waals surface area (Å²) in [5.41, 5.74) is -0.964. The van der Waals surface area contributed by atoms with Gasteiger partial charge in [0.1, 0.15) is 5.54 Å². The molecule has 1 aliphatic carbocycles. The molecule has 0 aromatic carbocycles. The summed E-state index contributed by atoms with van der Waals surface area (Å²) in [5.74, 6) is -0.137. The molecule has 0 radical (unpaired) electrons. The standard InChI is InChI=1S/C13H19F3N2O/c1-2-10-3-6-12(9-17,7-4-10)18-11(19)5-8-13(14,15)16/h10H,2-8H2,1H3,(H,18,19). The number of hydrogen-bond donors (Lipinski definition) is 1. The van der Waals surface area contributed by atoms with Gasteiger partial charge in [-0.05, 0) is 31.6 Å². The van der Waals surface area contributed by atoms with Gasteiger partial charge in [-0.25, -0.2) is 0 Å². The third kappa shape index (κ3) is 5.09. The number of amides is 1. The summed E-state index contributed by atoms with van der Waals surface area (Å²) in [6, 6.07) is 2.08. The molecule has 0 unspecified atom stereocenters. The van der Waals surface area contributed by atoms with Gasteiger partial charge >= 0.3 is 6.18 Å². The van der Waals surface area contributed by atoms with Crippen LogP contribution in [0.15, 0.2) is 0 Å². The van der Waals surface area contributed by atoms with Crippen molar-refractivity contribution in [2.75, 3.05) is 0 Å². The van der Waals surface area contributed by atoms with Crippen LogP contribution < -0.4 is 5.32 Å². The van der Waals surface area contributed by atoms with Gasteiger partial charge in [0.2, 0.25) is 5.91 Å². The van der Waals surface area contributed by atoms with Crippen LogP contribution >= 0.6 is 0 Å². The zero-order chi connectivity index (χ0) is 14.5. The number of nitrogens with one attached hydrogen (secondary N) is 1. The molecule has 1 saturated carbocycles. The number of halogens is 3. The molecule has 3 nitrogen and oxygen atoms in total. The fourth-order valence-electron chi connectivity index (χ4n) is 2.43. The van der Waals surface area contributed by atoms with E-state index in [0.717, 1.165) is 19.3 Å². The number of nitriles is 1. The monoisotopic (exact) mass is 276 g/mol. The fraction of sp³-hybridized carbons (Fsp3) is 0.846. The zero-order valence-corrected chi connectivity index (χ0v) is 11.0. The largest absolute Gasteiger partial charge is 0.389 e. The van der Waals surface area contributed by atoms with Crippen molar-refractivity contribution in [2.45, 2.75) is 63.6 Å². The third-order valence-electron chi connectivity index (χ3n) is 3.76. The molecule has 1 aliphatic rings. The number of carbonyl (C=O) groups excluding carboxylic acids is 1. The Hall–Kier alpha value is -1.25. The molecule has 1 fully saturated rings.